The van der Waals surface area contributed by atoms with Gasteiger partial charge in [-0.05, 0) is 105 Å². The second kappa shape index (κ2) is 21.8. The summed E-state index contributed by atoms with van der Waals surface area (Å²) in [5, 5.41) is 11.4. The zero-order chi connectivity index (χ0) is 52.7. The third-order valence-corrected chi connectivity index (χ3v) is 17.2. The van der Waals surface area contributed by atoms with E-state index in [9.17, 15) is 19.2 Å². The first kappa shape index (κ1) is 52.3. The zero-order valence-electron chi connectivity index (χ0n) is 43.1. The molecule has 5 aliphatic rings. The third kappa shape index (κ3) is 10.2. The molecule has 5 amide bonds. The number of nitrogens with zero attached hydrogens (tertiary/aromatic N) is 5. The summed E-state index contributed by atoms with van der Waals surface area (Å²) >= 11 is 6.77. The second-order valence-corrected chi connectivity index (χ2v) is 21.7. The predicted molar refractivity (Wildman–Crippen MR) is 282 cm³/mol. The van der Waals surface area contributed by atoms with Crippen LogP contribution < -0.4 is 30.7 Å². The topological polar surface area (TPSA) is 174 Å². The molecule has 3 saturated heterocycles. The van der Waals surface area contributed by atoms with Crippen molar-refractivity contribution in [3.63, 3.8) is 0 Å². The summed E-state index contributed by atoms with van der Waals surface area (Å²) in [5.74, 6) is -1.27. The lowest BCUT2D eigenvalue weighted by Gasteiger charge is -2.41. The lowest BCUT2D eigenvalue weighted by atomic mass is 9.77. The Kier molecular flexibility index (Phi) is 15.2. The molecule has 10 rings (SSSR count). The smallest absolute Gasteiger partial charge is 0.329 e. The molecular formula is C57H67ClF2N8O7. The van der Waals surface area contributed by atoms with Gasteiger partial charge in [0.05, 0.1) is 22.7 Å². The minimum atomic E-state index is -1.09. The van der Waals surface area contributed by atoms with Crippen LogP contribution in [0.1, 0.15) is 104 Å². The van der Waals surface area contributed by atoms with E-state index in [0.717, 1.165) is 94.1 Å². The van der Waals surface area contributed by atoms with Crippen molar-refractivity contribution < 1.29 is 42.2 Å². The van der Waals surface area contributed by atoms with Crippen LogP contribution in [-0.4, -0.2) is 116 Å². The molecule has 4 fully saturated rings. The number of benzene rings is 4. The number of carbonyl (C=O) groups is 4. The number of anilines is 1. The monoisotopic (exact) mass is 1050 g/mol. The number of primary amides is 1. The van der Waals surface area contributed by atoms with Crippen molar-refractivity contribution in [2.24, 2.45) is 30.5 Å². The van der Waals surface area contributed by atoms with E-state index in [0.29, 0.717) is 42.2 Å². The normalized spacial score (nSPS) is 24.5. The SMILES string of the molecule is COCCOc1ccc(C(N)=O)c(-c2c(Cl)c(F)cc3c2C(C)C(CNC2CCC(C(=O)N4CCC(CN5CCC(c6ccc7c(N8CCC(=O)NC8=O)nn(C)c7c6)C(C)C5)CC4)CC2)(c2ccccc2)O3)c1F. The number of aryl methyl sites for hydroxylation is 1. The summed E-state index contributed by atoms with van der Waals surface area (Å²) in [4.78, 5) is 57.5. The van der Waals surface area contributed by atoms with Gasteiger partial charge in [0, 0.05) is 106 Å². The molecule has 75 heavy (non-hydrogen) atoms. The molecule has 0 bridgehead atoms. The molecule has 5 heterocycles. The molecule has 0 spiro atoms. The number of imide groups is 1. The minimum absolute atomic E-state index is 0.0144. The van der Waals surface area contributed by atoms with Crippen LogP contribution in [0.15, 0.2) is 66.7 Å². The second-order valence-electron chi connectivity index (χ2n) is 21.4. The zero-order valence-corrected chi connectivity index (χ0v) is 43.9. The number of hydrogen-bond acceptors (Lipinski definition) is 10. The molecule has 1 aromatic heterocycles. The van der Waals surface area contributed by atoms with E-state index in [2.05, 4.69) is 50.7 Å². The average molecular weight is 1050 g/mol. The Balaban J connectivity index is 0.739. The van der Waals surface area contributed by atoms with E-state index in [1.807, 2.05) is 49.0 Å². The number of rotatable bonds is 15. The van der Waals surface area contributed by atoms with Gasteiger partial charge in [0.25, 0.3) is 0 Å². The number of fused-ring (bicyclic) bond motifs is 2. The van der Waals surface area contributed by atoms with Crippen LogP contribution in [0.25, 0.3) is 22.0 Å². The Labute approximate surface area is 441 Å². The molecule has 18 heteroatoms. The van der Waals surface area contributed by atoms with E-state index in [-0.39, 0.29) is 76.6 Å². The highest BCUT2D eigenvalue weighted by Crippen LogP contribution is 2.56. The van der Waals surface area contributed by atoms with Crippen LogP contribution >= 0.6 is 11.6 Å². The summed E-state index contributed by atoms with van der Waals surface area (Å²) in [6.07, 6.45) is 6.37. The molecule has 398 valence electrons. The van der Waals surface area contributed by atoms with Crippen LogP contribution in [0.5, 0.6) is 11.5 Å². The number of aromatic nitrogens is 2. The van der Waals surface area contributed by atoms with Crippen LogP contribution in [0.2, 0.25) is 5.02 Å². The number of hydrogen-bond donors (Lipinski definition) is 3. The molecule has 1 aliphatic carbocycles. The molecule has 4 N–H and O–H groups in total. The van der Waals surface area contributed by atoms with E-state index < -0.39 is 35.1 Å². The average Bonchev–Trinajstić information content (AvgIpc) is 3.94. The lowest BCUT2D eigenvalue weighted by Crippen LogP contribution is -2.49. The van der Waals surface area contributed by atoms with Crippen molar-refractivity contribution in [1.82, 2.24) is 30.2 Å². The first-order valence-corrected chi connectivity index (χ1v) is 26.9. The Morgan fingerprint density at radius 3 is 2.40 bits per heavy atom. The summed E-state index contributed by atoms with van der Waals surface area (Å²) in [7, 11) is 3.39. The third-order valence-electron chi connectivity index (χ3n) is 16.8. The van der Waals surface area contributed by atoms with Crippen molar-refractivity contribution >= 4 is 52.1 Å². The Bertz CT molecular complexity index is 2980. The maximum absolute atomic E-state index is 16.6. The molecule has 5 aromatic rings. The fraction of sp³-hybridized carbons (Fsp3) is 0.491. The highest BCUT2D eigenvalue weighted by molar-refractivity contribution is 6.34. The summed E-state index contributed by atoms with van der Waals surface area (Å²) in [5.41, 5.74) is 7.79. The molecule has 0 radical (unpaired) electrons. The number of ether oxygens (including phenoxy) is 3. The Morgan fingerprint density at radius 2 is 1.69 bits per heavy atom. The maximum Gasteiger partial charge on any atom is 0.329 e. The molecular weight excluding hydrogens is 982 g/mol. The molecule has 4 aromatic carbocycles. The first-order chi connectivity index (χ1) is 36.1. The van der Waals surface area contributed by atoms with Crippen LogP contribution in [0, 0.1) is 29.4 Å². The summed E-state index contributed by atoms with van der Waals surface area (Å²) in [6, 6.07) is 19.6. The molecule has 4 aliphatic heterocycles. The van der Waals surface area contributed by atoms with Gasteiger partial charge in [-0.25, -0.2) is 13.6 Å². The van der Waals surface area contributed by atoms with Crippen LogP contribution in [0.3, 0.4) is 0 Å². The van der Waals surface area contributed by atoms with Gasteiger partial charge in [-0.15, -0.1) is 0 Å². The molecule has 4 atom stereocenters. The number of piperidine rings is 2. The van der Waals surface area contributed by atoms with E-state index in [4.69, 9.17) is 31.5 Å². The van der Waals surface area contributed by atoms with Gasteiger partial charge in [-0.2, -0.15) is 5.10 Å². The Hall–Kier alpha value is -6.14. The number of carbonyl (C=O) groups excluding carboxylic acids is 4. The highest BCUT2D eigenvalue weighted by Gasteiger charge is 2.50. The fourth-order valence-electron chi connectivity index (χ4n) is 12.7. The number of methoxy groups -OCH3 is 1. The number of nitrogens with two attached hydrogens (primary N) is 1. The quantitative estimate of drug-likeness (QED) is 0.0862. The van der Waals surface area contributed by atoms with E-state index >= 15 is 8.78 Å². The molecule has 1 saturated carbocycles. The van der Waals surface area contributed by atoms with Gasteiger partial charge >= 0.3 is 6.03 Å². The van der Waals surface area contributed by atoms with E-state index in [1.54, 1.807) is 4.90 Å². The van der Waals surface area contributed by atoms with Gasteiger partial charge in [0.1, 0.15) is 18.2 Å². The minimum Gasteiger partial charge on any atom is -0.488 e. The highest BCUT2D eigenvalue weighted by atomic mass is 35.5. The van der Waals surface area contributed by atoms with Crippen LogP contribution in [-0.2, 0) is 27.0 Å². The number of nitrogens with one attached hydrogen (secondary N) is 2. The number of urea groups is 1. The first-order valence-electron chi connectivity index (χ1n) is 26.5. The predicted octanol–water partition coefficient (Wildman–Crippen LogP) is 8.65. The van der Waals surface area contributed by atoms with Gasteiger partial charge in [-0.3, -0.25) is 29.3 Å². The molecule has 4 unspecified atom stereocenters. The van der Waals surface area contributed by atoms with Crippen molar-refractivity contribution in [3.8, 4) is 22.6 Å². The van der Waals surface area contributed by atoms with Crippen molar-refractivity contribution in [2.75, 3.05) is 71.0 Å². The summed E-state index contributed by atoms with van der Waals surface area (Å²) in [6.45, 7) is 9.72. The van der Waals surface area contributed by atoms with Crippen molar-refractivity contribution in [3.05, 3.63) is 106 Å². The number of likely N-dealkylation sites (tertiary alicyclic amines) is 2. The number of halogens is 3. The van der Waals surface area contributed by atoms with Gasteiger partial charge < -0.3 is 35.1 Å². The van der Waals surface area contributed by atoms with Gasteiger partial charge in [0.15, 0.2) is 23.0 Å². The van der Waals surface area contributed by atoms with Gasteiger partial charge in [-0.1, -0.05) is 61.8 Å². The largest absolute Gasteiger partial charge is 0.488 e. The lowest BCUT2D eigenvalue weighted by molar-refractivity contribution is -0.138. The summed E-state index contributed by atoms with van der Waals surface area (Å²) < 4.78 is 52.0. The van der Waals surface area contributed by atoms with Crippen molar-refractivity contribution in [1.29, 1.82) is 0 Å². The fourth-order valence-corrected chi connectivity index (χ4v) is 13.0. The van der Waals surface area contributed by atoms with Crippen LogP contribution in [0.4, 0.5) is 19.4 Å². The van der Waals surface area contributed by atoms with Crippen molar-refractivity contribution in [2.45, 2.75) is 88.7 Å². The Morgan fingerprint density at radius 1 is 0.933 bits per heavy atom. The standard InChI is InChI=1S/C57H67ClF2N8O7/c1-33-30-66(22-20-40(33)37-12-15-41-44(28-37)65(3)64-54(41)68-25-21-47(69)63-56(68)72)31-35-18-23-67(24-19-35)55(71)36-10-13-39(14-11-36)62-32-57(38-8-6-5-7-9-38)34(2)48-46(75-57)29-43(59)51(58)50(48)49-42(53(61)70)16-17-45(52(49)60)74-27-26-73-4/h5-9,12,15-17,28-29,33-36,39-40,62H,10-11,13-14,18-27,30-32H2,1-4H3,(H2,61,70)(H,63,69,72). The molecule has 15 nitrogen and oxygen atoms in total. The number of amides is 5. The van der Waals surface area contributed by atoms with E-state index in [1.165, 1.54) is 30.9 Å². The maximum atomic E-state index is 16.6. The van der Waals surface area contributed by atoms with Gasteiger partial charge in [0.2, 0.25) is 17.7 Å².